The third-order valence-corrected chi connectivity index (χ3v) is 4.10. The normalized spacial score (nSPS) is 11.7. The Labute approximate surface area is 171 Å². The fourth-order valence-corrected chi connectivity index (χ4v) is 2.84. The van der Waals surface area contributed by atoms with Gasteiger partial charge < -0.3 is 15.0 Å². The Hall–Kier alpha value is -1.56. The molecule has 1 aromatic heterocycles. The van der Waals surface area contributed by atoms with Gasteiger partial charge in [-0.25, -0.2) is 4.98 Å². The first-order valence-corrected chi connectivity index (χ1v) is 8.33. The lowest BCUT2D eigenvalue weighted by Gasteiger charge is -2.22. The van der Waals surface area contributed by atoms with Crippen LogP contribution in [0, 0.1) is 6.92 Å². The van der Waals surface area contributed by atoms with E-state index in [0.29, 0.717) is 18.1 Å². The second-order valence-corrected chi connectivity index (χ2v) is 6.33. The molecule has 10 heteroatoms. The van der Waals surface area contributed by atoms with Crippen molar-refractivity contribution in [1.29, 1.82) is 0 Å². The lowest BCUT2D eigenvalue weighted by molar-refractivity contribution is -0.274. The molecule has 1 heterocycles. The van der Waals surface area contributed by atoms with Crippen LogP contribution in [0.3, 0.4) is 0 Å². The fourth-order valence-electron chi connectivity index (χ4n) is 2.23. The number of ether oxygens (including phenoxy) is 1. The largest absolute Gasteiger partial charge is 0.573 e. The maximum absolute atomic E-state index is 12.5. The molecule has 0 amide bonds. The first-order chi connectivity index (χ1) is 11.8. The summed E-state index contributed by atoms with van der Waals surface area (Å²) < 4.78 is 41.5. The highest BCUT2D eigenvalue weighted by molar-refractivity contribution is 14.0. The van der Waals surface area contributed by atoms with Crippen molar-refractivity contribution in [3.8, 4) is 5.75 Å². The van der Waals surface area contributed by atoms with Crippen LogP contribution in [-0.4, -0.2) is 36.3 Å². The number of aliphatic imine (C=N–C) groups is 1. The van der Waals surface area contributed by atoms with E-state index in [0.717, 1.165) is 10.7 Å². The Morgan fingerprint density at radius 1 is 1.35 bits per heavy atom. The number of hydrogen-bond acceptors (Lipinski definition) is 4. The van der Waals surface area contributed by atoms with Crippen LogP contribution in [0.1, 0.15) is 16.3 Å². The van der Waals surface area contributed by atoms with E-state index in [-0.39, 0.29) is 36.3 Å². The molecule has 0 bridgehead atoms. The topological polar surface area (TPSA) is 49.8 Å². The average Bonchev–Trinajstić information content (AvgIpc) is 2.93. The van der Waals surface area contributed by atoms with E-state index >= 15 is 0 Å². The third kappa shape index (κ3) is 6.98. The third-order valence-electron chi connectivity index (χ3n) is 3.27. The zero-order valence-corrected chi connectivity index (χ0v) is 17.6. The van der Waals surface area contributed by atoms with E-state index in [4.69, 9.17) is 0 Å². The number of alkyl halides is 3. The molecular weight excluding hydrogens is 480 g/mol. The zero-order valence-electron chi connectivity index (χ0n) is 14.5. The Kier molecular flexibility index (Phi) is 8.60. The zero-order chi connectivity index (χ0) is 18.4. The van der Waals surface area contributed by atoms with Crippen molar-refractivity contribution in [1.82, 2.24) is 15.2 Å². The summed E-state index contributed by atoms with van der Waals surface area (Å²) in [5.74, 6) is 0.322. The number of guanidine groups is 1. The highest BCUT2D eigenvalue weighted by atomic mass is 127. The smallest absolute Gasteiger partial charge is 0.405 e. The van der Waals surface area contributed by atoms with Gasteiger partial charge in [-0.3, -0.25) is 4.99 Å². The van der Waals surface area contributed by atoms with Crippen molar-refractivity contribution in [2.75, 3.05) is 14.1 Å². The number of rotatable bonds is 5. The molecule has 0 aliphatic carbocycles. The summed E-state index contributed by atoms with van der Waals surface area (Å²) in [6, 6.07) is 6.01. The second kappa shape index (κ2) is 9.95. The van der Waals surface area contributed by atoms with Gasteiger partial charge in [0.1, 0.15) is 5.75 Å². The minimum Gasteiger partial charge on any atom is -0.405 e. The van der Waals surface area contributed by atoms with Crippen LogP contribution in [-0.2, 0) is 13.1 Å². The summed E-state index contributed by atoms with van der Waals surface area (Å²) in [6.07, 6.45) is -4.73. The molecule has 1 aromatic carbocycles. The minimum absolute atomic E-state index is 0. The van der Waals surface area contributed by atoms with Crippen LogP contribution in [0.25, 0.3) is 0 Å². The summed E-state index contributed by atoms with van der Waals surface area (Å²) in [4.78, 5) is 10.4. The predicted octanol–water partition coefficient (Wildman–Crippen LogP) is 4.18. The number of benzene rings is 1. The molecule has 0 radical (unpaired) electrons. The average molecular weight is 500 g/mol. The molecule has 0 saturated carbocycles. The van der Waals surface area contributed by atoms with Gasteiger partial charge in [0.25, 0.3) is 0 Å². The second-order valence-electron chi connectivity index (χ2n) is 5.27. The summed E-state index contributed by atoms with van der Waals surface area (Å²) in [6.45, 7) is 2.63. The van der Waals surface area contributed by atoms with E-state index in [1.807, 2.05) is 24.3 Å². The first-order valence-electron chi connectivity index (χ1n) is 7.45. The maximum Gasteiger partial charge on any atom is 0.573 e. The van der Waals surface area contributed by atoms with Crippen LogP contribution >= 0.6 is 35.3 Å². The molecule has 0 spiro atoms. The van der Waals surface area contributed by atoms with Gasteiger partial charge >= 0.3 is 6.36 Å². The summed E-state index contributed by atoms with van der Waals surface area (Å²) >= 11 is 1.56. The standard InChI is InChI=1S/C16H19F3N4OS.HI/c1-11-22-13(10-25-11)9-23(3)15(20-2)21-8-12-6-4-5-7-14(12)24-16(17,18)19;/h4-7,10H,8-9H2,1-3H3,(H,20,21);1H. The Bertz CT molecular complexity index is 736. The van der Waals surface area contributed by atoms with Crippen LogP contribution in [0.4, 0.5) is 13.2 Å². The predicted molar refractivity (Wildman–Crippen MR) is 107 cm³/mol. The van der Waals surface area contributed by atoms with Gasteiger partial charge in [0.2, 0.25) is 0 Å². The van der Waals surface area contributed by atoms with Gasteiger partial charge in [0.05, 0.1) is 17.2 Å². The number of para-hydroxylation sites is 1. The van der Waals surface area contributed by atoms with Crippen molar-refractivity contribution in [2.24, 2.45) is 4.99 Å². The van der Waals surface area contributed by atoms with E-state index in [2.05, 4.69) is 20.0 Å². The van der Waals surface area contributed by atoms with E-state index < -0.39 is 6.36 Å². The van der Waals surface area contributed by atoms with Gasteiger partial charge in [-0.1, -0.05) is 18.2 Å². The molecule has 0 aliphatic heterocycles. The number of nitrogens with zero attached hydrogens (tertiary/aromatic N) is 3. The lowest BCUT2D eigenvalue weighted by Crippen LogP contribution is -2.38. The quantitative estimate of drug-likeness (QED) is 0.381. The monoisotopic (exact) mass is 500 g/mol. The van der Waals surface area contributed by atoms with Gasteiger partial charge in [0, 0.05) is 31.6 Å². The molecule has 2 aromatic rings. The molecule has 0 unspecified atom stereocenters. The van der Waals surface area contributed by atoms with Crippen LogP contribution in [0.5, 0.6) is 5.75 Å². The van der Waals surface area contributed by atoms with Crippen LogP contribution < -0.4 is 10.1 Å². The Morgan fingerprint density at radius 3 is 2.62 bits per heavy atom. The van der Waals surface area contributed by atoms with Crippen LogP contribution in [0.2, 0.25) is 0 Å². The minimum atomic E-state index is -4.73. The van der Waals surface area contributed by atoms with Crippen LogP contribution in [0.15, 0.2) is 34.6 Å². The molecule has 144 valence electrons. The molecule has 0 aliphatic rings. The fraction of sp³-hybridized carbons (Fsp3) is 0.375. The Morgan fingerprint density at radius 2 is 2.04 bits per heavy atom. The highest BCUT2D eigenvalue weighted by Gasteiger charge is 2.31. The SMILES string of the molecule is CN=C(NCc1ccccc1OC(F)(F)F)N(C)Cc1csc(C)n1.I. The van der Waals surface area contributed by atoms with Crippen molar-refractivity contribution in [3.05, 3.63) is 45.9 Å². The van der Waals surface area contributed by atoms with E-state index in [9.17, 15) is 13.2 Å². The lowest BCUT2D eigenvalue weighted by atomic mass is 10.2. The molecule has 5 nitrogen and oxygen atoms in total. The number of halogens is 4. The van der Waals surface area contributed by atoms with Crippen molar-refractivity contribution in [2.45, 2.75) is 26.4 Å². The first kappa shape index (κ1) is 22.5. The van der Waals surface area contributed by atoms with Gasteiger partial charge in [-0.05, 0) is 13.0 Å². The molecule has 0 saturated heterocycles. The summed E-state index contributed by atoms with van der Waals surface area (Å²) in [5.41, 5.74) is 1.30. The van der Waals surface area contributed by atoms with Crippen molar-refractivity contribution in [3.63, 3.8) is 0 Å². The Balaban J connectivity index is 0.00000338. The molecule has 26 heavy (non-hydrogen) atoms. The molecule has 0 fully saturated rings. The highest BCUT2D eigenvalue weighted by Crippen LogP contribution is 2.26. The van der Waals surface area contributed by atoms with Gasteiger partial charge in [-0.15, -0.1) is 48.5 Å². The van der Waals surface area contributed by atoms with Crippen molar-refractivity contribution >= 4 is 41.3 Å². The molecule has 2 rings (SSSR count). The van der Waals surface area contributed by atoms with Gasteiger partial charge in [0.15, 0.2) is 5.96 Å². The number of thiazole rings is 1. The number of hydrogen-bond donors (Lipinski definition) is 1. The number of nitrogens with one attached hydrogen (secondary N) is 1. The molecule has 1 N–H and O–H groups in total. The molecule has 0 atom stereocenters. The maximum atomic E-state index is 12.5. The van der Waals surface area contributed by atoms with E-state index in [1.54, 1.807) is 30.5 Å². The number of aromatic nitrogens is 1. The summed E-state index contributed by atoms with van der Waals surface area (Å²) in [7, 11) is 3.45. The number of aryl methyl sites for hydroxylation is 1. The summed E-state index contributed by atoms with van der Waals surface area (Å²) in [5, 5.41) is 5.98. The van der Waals surface area contributed by atoms with Crippen molar-refractivity contribution < 1.29 is 17.9 Å². The van der Waals surface area contributed by atoms with E-state index in [1.165, 1.54) is 12.1 Å². The molecular formula is C16H20F3IN4OS. The van der Waals surface area contributed by atoms with Gasteiger partial charge in [-0.2, -0.15) is 0 Å².